The van der Waals surface area contributed by atoms with Crippen LogP contribution in [-0.4, -0.2) is 43.8 Å². The minimum absolute atomic E-state index is 0.0689. The van der Waals surface area contributed by atoms with E-state index in [1.807, 2.05) is 49.4 Å². The lowest BCUT2D eigenvalue weighted by atomic mass is 10.2. The number of rotatable bonds is 4. The SMILES string of the molecule is C[C@H]1CN(C(=O)Nc2ccc(N(C)Cc3ccccc3)cc2)CCO1. The maximum absolute atomic E-state index is 12.3. The molecule has 0 radical (unpaired) electrons. The van der Waals surface area contributed by atoms with Crippen LogP contribution in [0.5, 0.6) is 0 Å². The highest BCUT2D eigenvalue weighted by atomic mass is 16.5. The van der Waals surface area contributed by atoms with Gasteiger partial charge in [-0.25, -0.2) is 4.79 Å². The van der Waals surface area contributed by atoms with Gasteiger partial charge >= 0.3 is 6.03 Å². The van der Waals surface area contributed by atoms with Crippen LogP contribution in [0.4, 0.5) is 16.2 Å². The molecule has 1 aliphatic rings. The highest BCUT2D eigenvalue weighted by Gasteiger charge is 2.21. The number of morpholine rings is 1. The van der Waals surface area contributed by atoms with Crippen LogP contribution in [0.15, 0.2) is 54.6 Å². The molecule has 2 aromatic rings. The molecule has 1 fully saturated rings. The first-order valence-corrected chi connectivity index (χ1v) is 8.64. The molecular weight excluding hydrogens is 314 g/mol. The zero-order valence-corrected chi connectivity index (χ0v) is 14.8. The molecule has 0 spiro atoms. The summed E-state index contributed by atoms with van der Waals surface area (Å²) in [4.78, 5) is 16.3. The van der Waals surface area contributed by atoms with E-state index in [0.717, 1.165) is 17.9 Å². The summed E-state index contributed by atoms with van der Waals surface area (Å²) in [5.41, 5.74) is 3.19. The van der Waals surface area contributed by atoms with Crippen molar-refractivity contribution in [1.82, 2.24) is 4.90 Å². The first-order valence-electron chi connectivity index (χ1n) is 8.64. The normalized spacial score (nSPS) is 17.2. The van der Waals surface area contributed by atoms with Gasteiger partial charge in [-0.3, -0.25) is 0 Å². The minimum atomic E-state index is -0.0689. The van der Waals surface area contributed by atoms with E-state index >= 15 is 0 Å². The molecule has 132 valence electrons. The van der Waals surface area contributed by atoms with Crippen molar-refractivity contribution in [1.29, 1.82) is 0 Å². The Hall–Kier alpha value is -2.53. The van der Waals surface area contributed by atoms with E-state index in [2.05, 4.69) is 29.4 Å². The minimum Gasteiger partial charge on any atom is -0.375 e. The Morgan fingerprint density at radius 3 is 2.60 bits per heavy atom. The van der Waals surface area contributed by atoms with Crippen molar-refractivity contribution in [2.45, 2.75) is 19.6 Å². The maximum Gasteiger partial charge on any atom is 0.322 e. The van der Waals surface area contributed by atoms with Gasteiger partial charge in [0.25, 0.3) is 0 Å². The first-order chi connectivity index (χ1) is 12.1. The zero-order chi connectivity index (χ0) is 17.6. The number of carbonyl (C=O) groups excluding carboxylic acids is 1. The second-order valence-electron chi connectivity index (χ2n) is 6.45. The fourth-order valence-corrected chi connectivity index (χ4v) is 2.95. The lowest BCUT2D eigenvalue weighted by Crippen LogP contribution is -2.46. The van der Waals surface area contributed by atoms with E-state index < -0.39 is 0 Å². The maximum atomic E-state index is 12.3. The molecule has 0 saturated carbocycles. The van der Waals surface area contributed by atoms with E-state index in [0.29, 0.717) is 19.7 Å². The largest absolute Gasteiger partial charge is 0.375 e. The number of hydrogen-bond donors (Lipinski definition) is 1. The predicted molar refractivity (Wildman–Crippen MR) is 101 cm³/mol. The van der Waals surface area contributed by atoms with E-state index in [9.17, 15) is 4.79 Å². The van der Waals surface area contributed by atoms with Crippen molar-refractivity contribution in [2.24, 2.45) is 0 Å². The number of hydrogen-bond acceptors (Lipinski definition) is 3. The molecule has 2 amide bonds. The van der Waals surface area contributed by atoms with Gasteiger partial charge in [-0.05, 0) is 36.8 Å². The molecule has 1 aliphatic heterocycles. The summed E-state index contributed by atoms with van der Waals surface area (Å²) in [7, 11) is 2.07. The van der Waals surface area contributed by atoms with Gasteiger partial charge in [0.1, 0.15) is 0 Å². The second kappa shape index (κ2) is 8.03. The summed E-state index contributed by atoms with van der Waals surface area (Å²) < 4.78 is 5.47. The fourth-order valence-electron chi connectivity index (χ4n) is 2.95. The van der Waals surface area contributed by atoms with Gasteiger partial charge in [0.05, 0.1) is 12.7 Å². The first kappa shape index (κ1) is 17.3. The number of anilines is 2. The molecule has 1 saturated heterocycles. The summed E-state index contributed by atoms with van der Waals surface area (Å²) in [5.74, 6) is 0. The summed E-state index contributed by atoms with van der Waals surface area (Å²) in [6.07, 6.45) is 0.0912. The average Bonchev–Trinajstić information content (AvgIpc) is 2.63. The van der Waals surface area contributed by atoms with Gasteiger partial charge in [-0.2, -0.15) is 0 Å². The van der Waals surface area contributed by atoms with Gasteiger partial charge in [-0.15, -0.1) is 0 Å². The van der Waals surface area contributed by atoms with Crippen LogP contribution in [0.2, 0.25) is 0 Å². The van der Waals surface area contributed by atoms with Crippen molar-refractivity contribution in [3.8, 4) is 0 Å². The van der Waals surface area contributed by atoms with E-state index in [-0.39, 0.29) is 12.1 Å². The number of urea groups is 1. The topological polar surface area (TPSA) is 44.8 Å². The Kier molecular flexibility index (Phi) is 5.56. The lowest BCUT2D eigenvalue weighted by Gasteiger charge is -2.31. The van der Waals surface area contributed by atoms with Crippen LogP contribution in [-0.2, 0) is 11.3 Å². The number of benzene rings is 2. The third kappa shape index (κ3) is 4.73. The highest BCUT2D eigenvalue weighted by Crippen LogP contribution is 2.19. The summed E-state index contributed by atoms with van der Waals surface area (Å²) in [6, 6.07) is 18.2. The van der Waals surface area contributed by atoms with E-state index in [4.69, 9.17) is 4.74 Å². The molecule has 3 rings (SSSR count). The Balaban J connectivity index is 1.57. The van der Waals surface area contributed by atoms with Crippen LogP contribution in [0.3, 0.4) is 0 Å². The molecule has 1 heterocycles. The smallest absolute Gasteiger partial charge is 0.322 e. The van der Waals surface area contributed by atoms with Gasteiger partial charge in [0.15, 0.2) is 0 Å². The highest BCUT2D eigenvalue weighted by molar-refractivity contribution is 5.89. The van der Waals surface area contributed by atoms with Crippen LogP contribution in [0.25, 0.3) is 0 Å². The van der Waals surface area contributed by atoms with Crippen molar-refractivity contribution >= 4 is 17.4 Å². The molecule has 5 nitrogen and oxygen atoms in total. The monoisotopic (exact) mass is 339 g/mol. The number of nitrogens with zero attached hydrogens (tertiary/aromatic N) is 2. The van der Waals surface area contributed by atoms with Crippen LogP contribution < -0.4 is 10.2 Å². The molecule has 0 unspecified atom stereocenters. The van der Waals surface area contributed by atoms with Gasteiger partial charge < -0.3 is 19.9 Å². The Labute approximate surface area is 149 Å². The molecule has 1 atom stereocenters. The summed E-state index contributed by atoms with van der Waals surface area (Å²) >= 11 is 0. The van der Waals surface area contributed by atoms with Crippen LogP contribution in [0, 0.1) is 0 Å². The molecule has 0 aliphatic carbocycles. The fraction of sp³-hybridized carbons (Fsp3) is 0.350. The van der Waals surface area contributed by atoms with Gasteiger partial charge in [0, 0.05) is 38.1 Å². The van der Waals surface area contributed by atoms with Crippen LogP contribution in [0.1, 0.15) is 12.5 Å². The standard InChI is InChI=1S/C20H25N3O2/c1-16-14-23(12-13-25-16)20(24)21-18-8-10-19(11-9-18)22(2)15-17-6-4-3-5-7-17/h3-11,16H,12-15H2,1-2H3,(H,21,24)/t16-/m0/s1. The van der Waals surface area contributed by atoms with Crippen molar-refractivity contribution in [3.63, 3.8) is 0 Å². The van der Waals surface area contributed by atoms with E-state index in [1.54, 1.807) is 4.90 Å². The van der Waals surface area contributed by atoms with Crippen molar-refractivity contribution in [3.05, 3.63) is 60.2 Å². The third-order valence-corrected chi connectivity index (χ3v) is 4.35. The lowest BCUT2D eigenvalue weighted by molar-refractivity contribution is -0.00138. The number of carbonyl (C=O) groups is 1. The summed E-state index contributed by atoms with van der Waals surface area (Å²) in [5, 5.41) is 2.96. The molecule has 1 N–H and O–H groups in total. The molecule has 5 heteroatoms. The summed E-state index contributed by atoms with van der Waals surface area (Å²) in [6.45, 7) is 4.69. The molecule has 2 aromatic carbocycles. The number of ether oxygens (including phenoxy) is 1. The quantitative estimate of drug-likeness (QED) is 0.926. The van der Waals surface area contributed by atoms with Crippen LogP contribution >= 0.6 is 0 Å². The third-order valence-electron chi connectivity index (χ3n) is 4.35. The Bertz CT molecular complexity index is 688. The van der Waals surface area contributed by atoms with Crippen molar-refractivity contribution < 1.29 is 9.53 Å². The Morgan fingerprint density at radius 1 is 1.20 bits per heavy atom. The zero-order valence-electron chi connectivity index (χ0n) is 14.8. The van der Waals surface area contributed by atoms with Gasteiger partial charge in [-0.1, -0.05) is 30.3 Å². The molecule has 25 heavy (non-hydrogen) atoms. The molecule has 0 aromatic heterocycles. The molecular formula is C20H25N3O2. The van der Waals surface area contributed by atoms with Crippen molar-refractivity contribution in [2.75, 3.05) is 37.0 Å². The number of nitrogens with one attached hydrogen (secondary N) is 1. The molecule has 0 bridgehead atoms. The second-order valence-corrected chi connectivity index (χ2v) is 6.45. The van der Waals surface area contributed by atoms with E-state index in [1.165, 1.54) is 5.56 Å². The van der Waals surface area contributed by atoms with Gasteiger partial charge in [0.2, 0.25) is 0 Å². The number of amides is 2. The average molecular weight is 339 g/mol. The Morgan fingerprint density at radius 2 is 1.92 bits per heavy atom. The predicted octanol–water partition coefficient (Wildman–Crippen LogP) is 3.58.